The van der Waals surface area contributed by atoms with Gasteiger partial charge in [0.15, 0.2) is 0 Å². The molecule has 3 nitrogen and oxygen atoms in total. The minimum atomic E-state index is -2.93. The molecule has 1 atom stereocenters. The third-order valence-corrected chi connectivity index (χ3v) is 5.42. The lowest BCUT2D eigenvalue weighted by atomic mass is 10.0. The van der Waals surface area contributed by atoms with Gasteiger partial charge >= 0.3 is 0 Å². The molecular weight excluding hydrogens is 293 g/mol. The Bertz CT molecular complexity index is 503. The van der Waals surface area contributed by atoms with E-state index in [2.05, 4.69) is 0 Å². The molecule has 6 heteroatoms. The third-order valence-electron chi connectivity index (χ3n) is 2.79. The van der Waals surface area contributed by atoms with Crippen molar-refractivity contribution in [2.75, 3.05) is 11.5 Å². The van der Waals surface area contributed by atoms with Gasteiger partial charge in [0.1, 0.15) is 9.84 Å². The van der Waals surface area contributed by atoms with E-state index in [1.807, 2.05) is 6.07 Å². The second-order valence-electron chi connectivity index (χ2n) is 4.13. The lowest BCUT2D eigenvalue weighted by Crippen LogP contribution is -2.14. The second-order valence-corrected chi connectivity index (χ2v) is 7.39. The average molecular weight is 310 g/mol. The molecular formula is C12H17Cl2NO2S. The van der Waals surface area contributed by atoms with E-state index < -0.39 is 9.84 Å². The van der Waals surface area contributed by atoms with Crippen molar-refractivity contribution >= 4 is 33.0 Å². The molecule has 0 saturated heterocycles. The van der Waals surface area contributed by atoms with E-state index in [0.717, 1.165) is 5.56 Å². The summed E-state index contributed by atoms with van der Waals surface area (Å²) in [6, 6.07) is 5.00. The Morgan fingerprint density at radius 3 is 2.61 bits per heavy atom. The zero-order chi connectivity index (χ0) is 13.8. The number of halogens is 2. The van der Waals surface area contributed by atoms with Gasteiger partial charge in [-0.15, -0.1) is 0 Å². The Morgan fingerprint density at radius 2 is 2.00 bits per heavy atom. The van der Waals surface area contributed by atoms with Crippen LogP contribution in [0.3, 0.4) is 0 Å². The molecule has 0 aliphatic carbocycles. The highest BCUT2D eigenvalue weighted by Crippen LogP contribution is 2.30. The first kappa shape index (κ1) is 15.8. The topological polar surface area (TPSA) is 60.2 Å². The van der Waals surface area contributed by atoms with E-state index in [4.69, 9.17) is 28.9 Å². The summed E-state index contributed by atoms with van der Waals surface area (Å²) >= 11 is 12.0. The number of hydrogen-bond donors (Lipinski definition) is 1. The van der Waals surface area contributed by atoms with Crippen LogP contribution in [0.2, 0.25) is 10.0 Å². The van der Waals surface area contributed by atoms with Gasteiger partial charge in [-0.05, 0) is 24.5 Å². The van der Waals surface area contributed by atoms with Gasteiger partial charge in [0.25, 0.3) is 0 Å². The van der Waals surface area contributed by atoms with Crippen LogP contribution in [-0.2, 0) is 9.84 Å². The number of sulfone groups is 1. The molecule has 0 aliphatic rings. The van der Waals surface area contributed by atoms with Crippen LogP contribution in [0.1, 0.15) is 31.4 Å². The summed E-state index contributed by atoms with van der Waals surface area (Å²) in [4.78, 5) is 0. The van der Waals surface area contributed by atoms with Crippen LogP contribution in [0.15, 0.2) is 18.2 Å². The second kappa shape index (κ2) is 6.75. The highest BCUT2D eigenvalue weighted by atomic mass is 35.5. The van der Waals surface area contributed by atoms with E-state index in [0.29, 0.717) is 22.9 Å². The fourth-order valence-electron chi connectivity index (χ4n) is 1.63. The maximum Gasteiger partial charge on any atom is 0.150 e. The zero-order valence-corrected chi connectivity index (χ0v) is 12.5. The summed E-state index contributed by atoms with van der Waals surface area (Å²) in [5, 5.41) is 0.913. The molecule has 2 N–H and O–H groups in total. The Balaban J connectivity index is 2.61. The van der Waals surface area contributed by atoms with Crippen molar-refractivity contribution in [3.8, 4) is 0 Å². The van der Waals surface area contributed by atoms with Crippen molar-refractivity contribution in [1.29, 1.82) is 0 Å². The van der Waals surface area contributed by atoms with Crippen LogP contribution in [-0.4, -0.2) is 19.9 Å². The average Bonchev–Trinajstić information content (AvgIpc) is 2.32. The number of nitrogens with two attached hydrogens (primary N) is 1. The SMILES string of the molecule is CCS(=O)(=O)CCCC(N)c1cccc(Cl)c1Cl. The Hall–Kier alpha value is -0.290. The molecule has 0 spiro atoms. The van der Waals surface area contributed by atoms with Gasteiger partial charge < -0.3 is 5.73 Å². The molecule has 0 aliphatic heterocycles. The quantitative estimate of drug-likeness (QED) is 0.877. The minimum Gasteiger partial charge on any atom is -0.324 e. The van der Waals surface area contributed by atoms with Crippen LogP contribution in [0, 0.1) is 0 Å². The largest absolute Gasteiger partial charge is 0.324 e. The number of rotatable bonds is 6. The summed E-state index contributed by atoms with van der Waals surface area (Å²) in [5.74, 6) is 0.329. The predicted octanol–water partition coefficient (Wildman–Crippen LogP) is 3.21. The monoisotopic (exact) mass is 309 g/mol. The van der Waals surface area contributed by atoms with Gasteiger partial charge in [0.05, 0.1) is 15.8 Å². The summed E-state index contributed by atoms with van der Waals surface area (Å²) in [7, 11) is -2.93. The highest BCUT2D eigenvalue weighted by Gasteiger charge is 2.14. The van der Waals surface area contributed by atoms with Crippen LogP contribution in [0.5, 0.6) is 0 Å². The standard InChI is InChI=1S/C12H17Cl2NO2S/c1-2-18(16,17)8-4-7-11(15)9-5-3-6-10(13)12(9)14/h3,5-6,11H,2,4,7-8,15H2,1H3. The van der Waals surface area contributed by atoms with Gasteiger partial charge in [-0.25, -0.2) is 8.42 Å². The molecule has 0 bridgehead atoms. The van der Waals surface area contributed by atoms with Crippen LogP contribution in [0.25, 0.3) is 0 Å². The van der Waals surface area contributed by atoms with Gasteiger partial charge in [-0.3, -0.25) is 0 Å². The fraction of sp³-hybridized carbons (Fsp3) is 0.500. The van der Waals surface area contributed by atoms with Crippen LogP contribution >= 0.6 is 23.2 Å². The molecule has 1 rings (SSSR count). The highest BCUT2D eigenvalue weighted by molar-refractivity contribution is 7.91. The smallest absolute Gasteiger partial charge is 0.150 e. The summed E-state index contributed by atoms with van der Waals surface area (Å²) in [6.07, 6.45) is 1.10. The first-order valence-corrected chi connectivity index (χ1v) is 8.35. The van der Waals surface area contributed by atoms with Gasteiger partial charge in [0, 0.05) is 11.8 Å². The van der Waals surface area contributed by atoms with Crippen molar-refractivity contribution in [1.82, 2.24) is 0 Å². The van der Waals surface area contributed by atoms with Crippen molar-refractivity contribution < 1.29 is 8.42 Å². The van der Waals surface area contributed by atoms with Crippen LogP contribution in [0.4, 0.5) is 0 Å². The number of hydrogen-bond acceptors (Lipinski definition) is 3. The summed E-state index contributed by atoms with van der Waals surface area (Å²) in [6.45, 7) is 1.64. The van der Waals surface area contributed by atoms with E-state index in [9.17, 15) is 8.42 Å². The Labute approximate surface area is 118 Å². The van der Waals surface area contributed by atoms with E-state index >= 15 is 0 Å². The molecule has 0 heterocycles. The molecule has 0 aromatic heterocycles. The lowest BCUT2D eigenvalue weighted by Gasteiger charge is -2.14. The Kier molecular flexibility index (Phi) is 5.92. The zero-order valence-electron chi connectivity index (χ0n) is 10.2. The van der Waals surface area contributed by atoms with Crippen LogP contribution < -0.4 is 5.73 Å². The molecule has 0 radical (unpaired) electrons. The van der Waals surface area contributed by atoms with Gasteiger partial charge in [0.2, 0.25) is 0 Å². The molecule has 0 amide bonds. The molecule has 18 heavy (non-hydrogen) atoms. The molecule has 0 saturated carbocycles. The van der Waals surface area contributed by atoms with E-state index in [1.165, 1.54) is 0 Å². The number of benzene rings is 1. The molecule has 0 fully saturated rings. The molecule has 1 unspecified atom stereocenters. The first-order chi connectivity index (χ1) is 8.37. The summed E-state index contributed by atoms with van der Waals surface area (Å²) in [5.41, 5.74) is 6.76. The van der Waals surface area contributed by atoms with Crippen molar-refractivity contribution in [2.24, 2.45) is 5.73 Å². The predicted molar refractivity (Wildman–Crippen MR) is 77.0 cm³/mol. The van der Waals surface area contributed by atoms with Gasteiger partial charge in [-0.1, -0.05) is 42.3 Å². The van der Waals surface area contributed by atoms with Crippen molar-refractivity contribution in [2.45, 2.75) is 25.8 Å². The van der Waals surface area contributed by atoms with E-state index in [-0.39, 0.29) is 17.5 Å². The van der Waals surface area contributed by atoms with Gasteiger partial charge in [-0.2, -0.15) is 0 Å². The van der Waals surface area contributed by atoms with Crippen molar-refractivity contribution in [3.63, 3.8) is 0 Å². The van der Waals surface area contributed by atoms with Crippen molar-refractivity contribution in [3.05, 3.63) is 33.8 Å². The normalized spacial score (nSPS) is 13.6. The first-order valence-electron chi connectivity index (χ1n) is 5.77. The molecule has 1 aromatic carbocycles. The Morgan fingerprint density at radius 1 is 1.33 bits per heavy atom. The van der Waals surface area contributed by atoms with E-state index in [1.54, 1.807) is 19.1 Å². The summed E-state index contributed by atoms with van der Waals surface area (Å²) < 4.78 is 22.7. The third kappa shape index (κ3) is 4.43. The molecule has 102 valence electrons. The lowest BCUT2D eigenvalue weighted by molar-refractivity contribution is 0.584. The fourth-order valence-corrected chi connectivity index (χ4v) is 2.97. The minimum absolute atomic E-state index is 0.162. The maximum absolute atomic E-state index is 11.4. The maximum atomic E-state index is 11.4. The molecule has 1 aromatic rings.